The molecule has 3 N–H and O–H groups in total. The summed E-state index contributed by atoms with van der Waals surface area (Å²) in [5.41, 5.74) is 3.52. The number of aryl methyl sites for hydroxylation is 1. The number of rotatable bonds is 5. The van der Waals surface area contributed by atoms with E-state index in [9.17, 15) is 0 Å². The Hall–Kier alpha value is -1.66. The Morgan fingerprint density at radius 1 is 1.50 bits per heavy atom. The zero-order chi connectivity index (χ0) is 13.0. The summed E-state index contributed by atoms with van der Waals surface area (Å²) >= 11 is 1.78. The van der Waals surface area contributed by atoms with Gasteiger partial charge in [0.2, 0.25) is 5.95 Å². The van der Waals surface area contributed by atoms with Gasteiger partial charge in [-0.05, 0) is 24.8 Å². The number of thiophene rings is 1. The van der Waals surface area contributed by atoms with E-state index < -0.39 is 0 Å². The van der Waals surface area contributed by atoms with Crippen molar-refractivity contribution in [3.63, 3.8) is 0 Å². The molecule has 2 aromatic heterocycles. The molecule has 6 heteroatoms. The second kappa shape index (κ2) is 5.79. The normalized spacial score (nSPS) is 10.4. The molecule has 96 valence electrons. The standard InChI is InChI=1S/C12H17N5S/c1-9-8-14-12(16-13)15-11(9)17(2)6-5-10-4-3-7-18-10/h3-4,7-8H,5-6,13H2,1-2H3,(H,14,15,16). The first-order chi connectivity index (χ1) is 8.70. The van der Waals surface area contributed by atoms with Gasteiger partial charge in [-0.3, -0.25) is 5.43 Å². The van der Waals surface area contributed by atoms with Gasteiger partial charge < -0.3 is 4.90 Å². The van der Waals surface area contributed by atoms with Crippen LogP contribution in [0.15, 0.2) is 23.7 Å². The van der Waals surface area contributed by atoms with Gasteiger partial charge >= 0.3 is 0 Å². The first-order valence-electron chi connectivity index (χ1n) is 5.74. The summed E-state index contributed by atoms with van der Waals surface area (Å²) in [5, 5.41) is 2.10. The number of hydrogen-bond acceptors (Lipinski definition) is 6. The number of aromatic nitrogens is 2. The molecule has 0 radical (unpaired) electrons. The van der Waals surface area contributed by atoms with Gasteiger partial charge in [0.15, 0.2) is 0 Å². The van der Waals surface area contributed by atoms with Gasteiger partial charge in [0.05, 0.1) is 0 Å². The van der Waals surface area contributed by atoms with Gasteiger partial charge in [-0.15, -0.1) is 11.3 Å². The van der Waals surface area contributed by atoms with Gasteiger partial charge in [-0.25, -0.2) is 10.8 Å². The molecule has 2 aromatic rings. The van der Waals surface area contributed by atoms with Crippen LogP contribution in [0.1, 0.15) is 10.4 Å². The smallest absolute Gasteiger partial charge is 0.239 e. The van der Waals surface area contributed by atoms with Crippen molar-refractivity contribution in [1.29, 1.82) is 0 Å². The maximum Gasteiger partial charge on any atom is 0.239 e. The minimum atomic E-state index is 0.443. The maximum atomic E-state index is 5.33. The quantitative estimate of drug-likeness (QED) is 0.636. The largest absolute Gasteiger partial charge is 0.359 e. The van der Waals surface area contributed by atoms with Gasteiger partial charge in [0, 0.05) is 30.2 Å². The average Bonchev–Trinajstić information content (AvgIpc) is 2.89. The number of nitrogens with one attached hydrogen (secondary N) is 1. The SMILES string of the molecule is Cc1cnc(NN)nc1N(C)CCc1cccs1. The zero-order valence-corrected chi connectivity index (χ0v) is 11.4. The summed E-state index contributed by atoms with van der Waals surface area (Å²) in [6, 6.07) is 4.23. The summed E-state index contributed by atoms with van der Waals surface area (Å²) < 4.78 is 0. The first-order valence-corrected chi connectivity index (χ1v) is 6.62. The summed E-state index contributed by atoms with van der Waals surface area (Å²) in [4.78, 5) is 12.0. The van der Waals surface area contributed by atoms with Crippen molar-refractivity contribution in [2.24, 2.45) is 5.84 Å². The number of nitrogen functional groups attached to an aromatic ring is 1. The lowest BCUT2D eigenvalue weighted by Gasteiger charge is -2.20. The third-order valence-electron chi connectivity index (χ3n) is 2.71. The van der Waals surface area contributed by atoms with Crippen molar-refractivity contribution >= 4 is 23.1 Å². The topological polar surface area (TPSA) is 67.1 Å². The second-order valence-corrected chi connectivity index (χ2v) is 5.13. The van der Waals surface area contributed by atoms with Crippen molar-refractivity contribution in [3.05, 3.63) is 34.2 Å². The minimum absolute atomic E-state index is 0.443. The Morgan fingerprint density at radius 3 is 3.00 bits per heavy atom. The van der Waals surface area contributed by atoms with Crippen LogP contribution in [0.25, 0.3) is 0 Å². The molecule has 0 amide bonds. The molecule has 18 heavy (non-hydrogen) atoms. The van der Waals surface area contributed by atoms with Crippen molar-refractivity contribution in [1.82, 2.24) is 9.97 Å². The fourth-order valence-electron chi connectivity index (χ4n) is 1.73. The number of nitrogens with zero attached hydrogens (tertiary/aromatic N) is 3. The molecular weight excluding hydrogens is 246 g/mol. The first kappa shape index (κ1) is 12.8. The third kappa shape index (κ3) is 2.96. The van der Waals surface area contributed by atoms with Crippen LogP contribution >= 0.6 is 11.3 Å². The van der Waals surface area contributed by atoms with Crippen molar-refractivity contribution < 1.29 is 0 Å². The Balaban J connectivity index is 2.05. The highest BCUT2D eigenvalue weighted by molar-refractivity contribution is 7.09. The summed E-state index contributed by atoms with van der Waals surface area (Å²) in [5.74, 6) is 6.68. The van der Waals surface area contributed by atoms with Crippen LogP contribution in [-0.2, 0) is 6.42 Å². The number of hydrazine groups is 1. The molecule has 0 bridgehead atoms. The highest BCUT2D eigenvalue weighted by Gasteiger charge is 2.08. The van der Waals surface area contributed by atoms with E-state index in [-0.39, 0.29) is 0 Å². The molecule has 0 saturated heterocycles. The number of likely N-dealkylation sites (N-methyl/N-ethyl adjacent to an activating group) is 1. The molecule has 0 unspecified atom stereocenters. The highest BCUT2D eigenvalue weighted by atomic mass is 32.1. The van der Waals surface area contributed by atoms with Gasteiger partial charge in [-0.2, -0.15) is 4.98 Å². The van der Waals surface area contributed by atoms with E-state index in [0.29, 0.717) is 5.95 Å². The Morgan fingerprint density at radius 2 is 2.33 bits per heavy atom. The van der Waals surface area contributed by atoms with Gasteiger partial charge in [0.25, 0.3) is 0 Å². The molecule has 0 saturated carbocycles. The van der Waals surface area contributed by atoms with E-state index in [0.717, 1.165) is 24.3 Å². The fraction of sp³-hybridized carbons (Fsp3) is 0.333. The van der Waals surface area contributed by atoms with Crippen LogP contribution in [-0.4, -0.2) is 23.6 Å². The molecule has 0 fully saturated rings. The average molecular weight is 263 g/mol. The van der Waals surface area contributed by atoms with E-state index in [1.807, 2.05) is 14.0 Å². The molecule has 0 aliphatic carbocycles. The maximum absolute atomic E-state index is 5.33. The lowest BCUT2D eigenvalue weighted by molar-refractivity contribution is 0.858. The van der Waals surface area contributed by atoms with Crippen molar-refractivity contribution in [2.45, 2.75) is 13.3 Å². The molecule has 0 atom stereocenters. The lowest BCUT2D eigenvalue weighted by Crippen LogP contribution is -2.23. The summed E-state index contributed by atoms with van der Waals surface area (Å²) in [6.45, 7) is 2.92. The monoisotopic (exact) mass is 263 g/mol. The van der Waals surface area contributed by atoms with Crippen LogP contribution in [0.2, 0.25) is 0 Å². The van der Waals surface area contributed by atoms with Crippen molar-refractivity contribution in [2.75, 3.05) is 23.9 Å². The fourth-order valence-corrected chi connectivity index (χ4v) is 2.43. The summed E-state index contributed by atoms with van der Waals surface area (Å²) in [6.07, 6.45) is 2.79. The Kier molecular flexibility index (Phi) is 4.11. The van der Waals surface area contributed by atoms with E-state index in [1.165, 1.54) is 4.88 Å². The molecule has 2 heterocycles. The van der Waals surface area contributed by atoms with E-state index in [4.69, 9.17) is 5.84 Å². The van der Waals surface area contributed by atoms with Gasteiger partial charge in [0.1, 0.15) is 5.82 Å². The molecule has 0 aliphatic heterocycles. The molecular formula is C12H17N5S. The molecule has 0 spiro atoms. The molecule has 0 aliphatic rings. The molecule has 2 rings (SSSR count). The van der Waals surface area contributed by atoms with Crippen molar-refractivity contribution in [3.8, 4) is 0 Å². The predicted molar refractivity (Wildman–Crippen MR) is 75.9 cm³/mol. The van der Waals surface area contributed by atoms with Crippen LogP contribution in [0.5, 0.6) is 0 Å². The Labute approximate surface area is 111 Å². The van der Waals surface area contributed by atoms with E-state index in [1.54, 1.807) is 17.5 Å². The third-order valence-corrected chi connectivity index (χ3v) is 3.65. The van der Waals surface area contributed by atoms with Gasteiger partial charge in [-0.1, -0.05) is 6.07 Å². The van der Waals surface area contributed by atoms with Crippen LogP contribution in [0.3, 0.4) is 0 Å². The molecule has 5 nitrogen and oxygen atoms in total. The van der Waals surface area contributed by atoms with E-state index in [2.05, 4.69) is 37.8 Å². The van der Waals surface area contributed by atoms with Crippen LogP contribution in [0, 0.1) is 6.92 Å². The van der Waals surface area contributed by atoms with Crippen LogP contribution < -0.4 is 16.2 Å². The van der Waals surface area contributed by atoms with E-state index >= 15 is 0 Å². The number of anilines is 2. The van der Waals surface area contributed by atoms with Crippen LogP contribution in [0.4, 0.5) is 11.8 Å². The number of hydrogen-bond donors (Lipinski definition) is 2. The Bertz CT molecular complexity index is 497. The second-order valence-electron chi connectivity index (χ2n) is 4.10. The number of nitrogens with two attached hydrogens (primary N) is 1. The minimum Gasteiger partial charge on any atom is -0.359 e. The summed E-state index contributed by atoms with van der Waals surface area (Å²) in [7, 11) is 2.03. The highest BCUT2D eigenvalue weighted by Crippen LogP contribution is 2.17. The predicted octanol–water partition coefficient (Wildman–Crippen LogP) is 1.81. The lowest BCUT2D eigenvalue weighted by atomic mass is 10.3. The molecule has 0 aromatic carbocycles. The zero-order valence-electron chi connectivity index (χ0n) is 10.6.